The van der Waals surface area contributed by atoms with Crippen LogP contribution >= 0.6 is 31.9 Å². The van der Waals surface area contributed by atoms with Crippen molar-refractivity contribution >= 4 is 56.0 Å². The Morgan fingerprint density at radius 1 is 1.42 bits per heavy atom. The van der Waals surface area contributed by atoms with Gasteiger partial charge in [-0.2, -0.15) is 0 Å². The highest BCUT2D eigenvalue weighted by Gasteiger charge is 2.43. The molecule has 1 heterocycles. The molecule has 2 aliphatic rings. The van der Waals surface area contributed by atoms with Crippen LogP contribution in [0.5, 0.6) is 0 Å². The van der Waals surface area contributed by atoms with Crippen molar-refractivity contribution < 1.29 is 4.79 Å². The fourth-order valence-electron chi connectivity index (χ4n) is 3.40. The number of halogens is 2. The first-order chi connectivity index (χ1) is 12.3. The highest BCUT2D eigenvalue weighted by Crippen LogP contribution is 2.44. The van der Waals surface area contributed by atoms with Gasteiger partial charge in [0.15, 0.2) is 0 Å². The second-order valence-corrected chi connectivity index (χ2v) is 9.45. The summed E-state index contributed by atoms with van der Waals surface area (Å²) in [5.41, 5.74) is 0.629. The lowest BCUT2D eigenvalue weighted by molar-refractivity contribution is -0.127. The first-order valence-corrected chi connectivity index (χ1v) is 11.0. The molecule has 0 spiro atoms. The molecular formula is C19H28Br2N4O. The molecular weight excluding hydrogens is 460 g/mol. The molecule has 1 amide bonds. The molecule has 2 rings (SSSR count). The second kappa shape index (κ2) is 9.40. The first-order valence-electron chi connectivity index (χ1n) is 9.28. The first kappa shape index (κ1) is 21.5. The third-order valence-corrected chi connectivity index (χ3v) is 6.70. The van der Waals surface area contributed by atoms with Crippen LogP contribution in [0, 0.1) is 5.41 Å². The van der Waals surface area contributed by atoms with Crippen molar-refractivity contribution in [2.75, 3.05) is 13.1 Å². The minimum absolute atomic E-state index is 0.0275. The van der Waals surface area contributed by atoms with Gasteiger partial charge in [-0.3, -0.25) is 19.8 Å². The molecule has 1 aliphatic carbocycles. The molecule has 0 aromatic rings. The van der Waals surface area contributed by atoms with Gasteiger partial charge >= 0.3 is 0 Å². The average Bonchev–Trinajstić information content (AvgIpc) is 3.13. The molecule has 0 aromatic heterocycles. The summed E-state index contributed by atoms with van der Waals surface area (Å²) in [4.78, 5) is 26.5. The molecule has 26 heavy (non-hydrogen) atoms. The summed E-state index contributed by atoms with van der Waals surface area (Å²) in [7, 11) is 0. The number of allylic oxidation sites excluding steroid dienone is 1. The van der Waals surface area contributed by atoms with Crippen molar-refractivity contribution in [3.05, 3.63) is 11.6 Å². The van der Waals surface area contributed by atoms with Gasteiger partial charge < -0.3 is 5.32 Å². The fraction of sp³-hybridized carbons (Fsp3) is 0.684. The summed E-state index contributed by atoms with van der Waals surface area (Å²) in [5.74, 6) is 0.584. The van der Waals surface area contributed by atoms with Crippen LogP contribution in [0.15, 0.2) is 26.6 Å². The van der Waals surface area contributed by atoms with Gasteiger partial charge in [-0.05, 0) is 33.1 Å². The van der Waals surface area contributed by atoms with Crippen LogP contribution in [0.4, 0.5) is 0 Å². The number of hydrogen-bond acceptors (Lipinski definition) is 4. The number of amides is 1. The summed E-state index contributed by atoms with van der Waals surface area (Å²) in [6, 6.07) is 0. The molecule has 1 fully saturated rings. The SMILES string of the molecule is CCN=CC(Br)/C=C(\C)C1(C(=O)NC2=NCC(Br)(CC)N=C2)CCCC1. The maximum absolute atomic E-state index is 13.1. The lowest BCUT2D eigenvalue weighted by Gasteiger charge is -2.30. The van der Waals surface area contributed by atoms with E-state index in [0.717, 1.165) is 44.2 Å². The molecule has 0 bridgehead atoms. The zero-order chi connectivity index (χ0) is 19.2. The van der Waals surface area contributed by atoms with E-state index < -0.39 is 5.41 Å². The van der Waals surface area contributed by atoms with Gasteiger partial charge in [-0.1, -0.05) is 63.3 Å². The zero-order valence-electron chi connectivity index (χ0n) is 15.8. The molecule has 2 unspecified atom stereocenters. The summed E-state index contributed by atoms with van der Waals surface area (Å²) in [6.07, 6.45) is 10.4. The van der Waals surface area contributed by atoms with E-state index in [1.807, 2.05) is 13.1 Å². The predicted molar refractivity (Wildman–Crippen MR) is 117 cm³/mol. The number of carbonyl (C=O) groups excluding carboxylic acids is 1. The van der Waals surface area contributed by atoms with Gasteiger partial charge in [0, 0.05) is 12.8 Å². The van der Waals surface area contributed by atoms with Crippen LogP contribution < -0.4 is 5.32 Å². The number of carbonyl (C=O) groups is 1. The maximum Gasteiger partial charge on any atom is 0.235 e. The predicted octanol–water partition coefficient (Wildman–Crippen LogP) is 4.45. The van der Waals surface area contributed by atoms with E-state index >= 15 is 0 Å². The van der Waals surface area contributed by atoms with Crippen molar-refractivity contribution in [2.24, 2.45) is 20.4 Å². The van der Waals surface area contributed by atoms with Crippen LogP contribution in [0.25, 0.3) is 0 Å². The van der Waals surface area contributed by atoms with Crippen molar-refractivity contribution in [1.29, 1.82) is 0 Å². The van der Waals surface area contributed by atoms with Crippen LogP contribution in [-0.2, 0) is 4.79 Å². The third-order valence-electron chi connectivity index (χ3n) is 5.18. The van der Waals surface area contributed by atoms with Gasteiger partial charge in [0.25, 0.3) is 0 Å². The molecule has 1 aliphatic heterocycles. The fourth-order valence-corrected chi connectivity index (χ4v) is 4.19. The Kier molecular flexibility index (Phi) is 7.76. The number of hydrogen-bond donors (Lipinski definition) is 1. The molecule has 2 atom stereocenters. The number of nitrogens with zero attached hydrogens (tertiary/aromatic N) is 3. The lowest BCUT2D eigenvalue weighted by atomic mass is 9.77. The van der Waals surface area contributed by atoms with Crippen molar-refractivity contribution in [3.8, 4) is 0 Å². The van der Waals surface area contributed by atoms with Gasteiger partial charge in [0.05, 0.1) is 23.0 Å². The van der Waals surface area contributed by atoms with Crippen LogP contribution in [0.3, 0.4) is 0 Å². The standard InChI is InChI=1S/C19H28Br2N4O/c1-4-19(21)13-23-16(12-24-19)25-17(26)18(8-6-7-9-18)14(3)10-15(20)11-22-5-2/h10-12,15H,4-9,13H2,1-3H3,(H,23,25,26)/b14-10+,22-11?. The third kappa shape index (κ3) is 5.12. The summed E-state index contributed by atoms with van der Waals surface area (Å²) in [5, 5.41) is 3.01. The van der Waals surface area contributed by atoms with E-state index in [1.165, 1.54) is 0 Å². The van der Waals surface area contributed by atoms with Crippen molar-refractivity contribution in [1.82, 2.24) is 5.32 Å². The minimum Gasteiger partial charge on any atom is -0.309 e. The quantitative estimate of drug-likeness (QED) is 0.256. The smallest absolute Gasteiger partial charge is 0.235 e. The normalized spacial score (nSPS) is 26.8. The molecule has 1 N–H and O–H groups in total. The molecule has 0 saturated heterocycles. The highest BCUT2D eigenvalue weighted by atomic mass is 79.9. The van der Waals surface area contributed by atoms with E-state index in [2.05, 4.69) is 72.1 Å². The van der Waals surface area contributed by atoms with Gasteiger partial charge in [0.2, 0.25) is 5.91 Å². The Hall–Kier alpha value is -0.820. The Balaban J connectivity index is 2.14. The lowest BCUT2D eigenvalue weighted by Crippen LogP contribution is -2.45. The van der Waals surface area contributed by atoms with Crippen LogP contribution in [-0.4, -0.2) is 46.5 Å². The van der Waals surface area contributed by atoms with E-state index in [1.54, 1.807) is 6.21 Å². The topological polar surface area (TPSA) is 66.2 Å². The van der Waals surface area contributed by atoms with Gasteiger partial charge in [0.1, 0.15) is 10.3 Å². The van der Waals surface area contributed by atoms with Gasteiger partial charge in [-0.25, -0.2) is 0 Å². The van der Waals surface area contributed by atoms with E-state index in [0.29, 0.717) is 12.4 Å². The Labute approximate surface area is 173 Å². The van der Waals surface area contributed by atoms with Crippen molar-refractivity contribution in [3.63, 3.8) is 0 Å². The summed E-state index contributed by atoms with van der Waals surface area (Å²) >= 11 is 7.20. The number of amidine groups is 1. The van der Waals surface area contributed by atoms with Gasteiger partial charge in [-0.15, -0.1) is 0 Å². The number of nitrogens with one attached hydrogen (secondary N) is 1. The number of alkyl halides is 2. The van der Waals surface area contributed by atoms with Crippen LogP contribution in [0.1, 0.15) is 52.9 Å². The van der Waals surface area contributed by atoms with E-state index in [-0.39, 0.29) is 15.2 Å². The summed E-state index contributed by atoms with van der Waals surface area (Å²) < 4.78 is -0.329. The maximum atomic E-state index is 13.1. The van der Waals surface area contributed by atoms with Crippen LogP contribution in [0.2, 0.25) is 0 Å². The second-order valence-electron chi connectivity index (χ2n) is 6.92. The number of aliphatic imine (C=N–C) groups is 3. The van der Waals surface area contributed by atoms with Crippen molar-refractivity contribution in [2.45, 2.75) is 62.2 Å². The minimum atomic E-state index is -0.462. The summed E-state index contributed by atoms with van der Waals surface area (Å²) in [6.45, 7) is 7.41. The Morgan fingerprint density at radius 2 is 2.12 bits per heavy atom. The number of rotatable bonds is 6. The van der Waals surface area contributed by atoms with E-state index in [9.17, 15) is 4.79 Å². The Morgan fingerprint density at radius 3 is 2.65 bits per heavy atom. The largest absolute Gasteiger partial charge is 0.309 e. The monoisotopic (exact) mass is 486 g/mol. The average molecular weight is 488 g/mol. The molecule has 7 heteroatoms. The molecule has 1 saturated carbocycles. The Bertz CT molecular complexity index is 635. The molecule has 0 radical (unpaired) electrons. The zero-order valence-corrected chi connectivity index (χ0v) is 18.9. The molecule has 0 aromatic carbocycles. The molecule has 5 nitrogen and oxygen atoms in total. The van der Waals surface area contributed by atoms with E-state index in [4.69, 9.17) is 0 Å². The highest BCUT2D eigenvalue weighted by molar-refractivity contribution is 9.10. The molecule has 144 valence electrons.